The minimum Gasteiger partial charge on any atom is -0.354 e. The van der Waals surface area contributed by atoms with Gasteiger partial charge in [0.05, 0.1) is 0 Å². The summed E-state index contributed by atoms with van der Waals surface area (Å²) in [5.41, 5.74) is 3.99. The number of thiol groups is 1. The van der Waals surface area contributed by atoms with Crippen LogP contribution in [0.5, 0.6) is 0 Å². The van der Waals surface area contributed by atoms with Gasteiger partial charge in [-0.05, 0) is 52.8 Å². The molecule has 0 radical (unpaired) electrons. The normalized spacial score (nSPS) is 12.8. The lowest BCUT2D eigenvalue weighted by Gasteiger charge is -2.30. The van der Waals surface area contributed by atoms with E-state index in [-0.39, 0.29) is 23.8 Å². The van der Waals surface area contributed by atoms with E-state index in [0.717, 1.165) is 35.1 Å². The summed E-state index contributed by atoms with van der Waals surface area (Å²) in [6.45, 7) is 9.09. The molecule has 198 valence electrons. The highest BCUT2D eigenvalue weighted by molar-refractivity contribution is 7.80. The fourth-order valence-corrected chi connectivity index (χ4v) is 4.70. The number of hydrogen-bond donors (Lipinski definition) is 3. The molecule has 1 aromatic heterocycles. The van der Waals surface area contributed by atoms with E-state index >= 15 is 0 Å². The standard InChI is InChI=1S/C28H38N6O2S/c1-5-8-26(35)34(20(4)16-29-28(36)23(18-37)15-19(2)3)17-21-11-13-22(14-12-21)24-9-6-7-10-25(24)27-30-32-33-31-27/h6-7,9-14,19-20,23,37H,5,8,15-18H2,1-4H3,(H,29,36)(H,30,31,32,33)/t20-,23?/m0/s1. The van der Waals surface area contributed by atoms with Gasteiger partial charge in [0.1, 0.15) is 0 Å². The molecule has 2 N–H and O–H groups in total. The van der Waals surface area contributed by atoms with Gasteiger partial charge in [-0.2, -0.15) is 12.6 Å². The predicted octanol–water partition coefficient (Wildman–Crippen LogP) is 4.76. The third kappa shape index (κ3) is 7.89. The minimum absolute atomic E-state index is 0.00316. The van der Waals surface area contributed by atoms with Gasteiger partial charge in [-0.1, -0.05) is 69.3 Å². The summed E-state index contributed by atoms with van der Waals surface area (Å²) in [5, 5.41) is 17.3. The second kappa shape index (κ2) is 13.9. The van der Waals surface area contributed by atoms with Crippen molar-refractivity contribution in [3.8, 4) is 22.5 Å². The smallest absolute Gasteiger partial charge is 0.224 e. The van der Waals surface area contributed by atoms with Gasteiger partial charge < -0.3 is 10.2 Å². The van der Waals surface area contributed by atoms with E-state index in [0.29, 0.717) is 37.0 Å². The second-order valence-corrected chi connectivity index (χ2v) is 10.2. The highest BCUT2D eigenvalue weighted by atomic mass is 32.1. The summed E-state index contributed by atoms with van der Waals surface area (Å²) in [4.78, 5) is 27.6. The molecule has 3 aromatic rings. The first kappa shape index (κ1) is 28.4. The molecule has 1 heterocycles. The topological polar surface area (TPSA) is 104 Å². The molecule has 0 aliphatic carbocycles. The number of H-pyrrole nitrogens is 1. The third-order valence-corrected chi connectivity index (χ3v) is 6.82. The van der Waals surface area contributed by atoms with Crippen LogP contribution in [0, 0.1) is 11.8 Å². The summed E-state index contributed by atoms with van der Waals surface area (Å²) >= 11 is 4.36. The molecule has 2 amide bonds. The number of aromatic nitrogens is 4. The van der Waals surface area contributed by atoms with Crippen LogP contribution in [-0.4, -0.2) is 55.7 Å². The Morgan fingerprint density at radius 1 is 1.05 bits per heavy atom. The third-order valence-electron chi connectivity index (χ3n) is 6.38. The Morgan fingerprint density at radius 2 is 1.76 bits per heavy atom. The van der Waals surface area contributed by atoms with Crippen LogP contribution in [0.1, 0.15) is 52.5 Å². The number of amides is 2. The zero-order valence-corrected chi connectivity index (χ0v) is 23.0. The van der Waals surface area contributed by atoms with Crippen molar-refractivity contribution in [3.05, 3.63) is 54.1 Å². The van der Waals surface area contributed by atoms with Crippen LogP contribution in [-0.2, 0) is 16.1 Å². The highest BCUT2D eigenvalue weighted by Gasteiger charge is 2.23. The number of rotatable bonds is 13. The van der Waals surface area contributed by atoms with Crippen LogP contribution in [0.15, 0.2) is 48.5 Å². The van der Waals surface area contributed by atoms with E-state index in [2.05, 4.69) is 64.5 Å². The lowest BCUT2D eigenvalue weighted by molar-refractivity contribution is -0.134. The number of nitrogens with zero attached hydrogens (tertiary/aromatic N) is 4. The first-order chi connectivity index (χ1) is 17.8. The van der Waals surface area contributed by atoms with E-state index < -0.39 is 0 Å². The van der Waals surface area contributed by atoms with E-state index in [1.165, 1.54) is 0 Å². The molecule has 8 nitrogen and oxygen atoms in total. The van der Waals surface area contributed by atoms with Crippen LogP contribution in [0.3, 0.4) is 0 Å². The van der Waals surface area contributed by atoms with Crippen LogP contribution in [0.2, 0.25) is 0 Å². The summed E-state index contributed by atoms with van der Waals surface area (Å²) < 4.78 is 0. The Hall–Kier alpha value is -3.20. The number of nitrogens with one attached hydrogen (secondary N) is 2. The van der Waals surface area contributed by atoms with Crippen molar-refractivity contribution in [3.63, 3.8) is 0 Å². The lowest BCUT2D eigenvalue weighted by Crippen LogP contribution is -2.46. The van der Waals surface area contributed by atoms with Crippen LogP contribution >= 0.6 is 12.6 Å². The van der Waals surface area contributed by atoms with Gasteiger partial charge in [-0.3, -0.25) is 9.59 Å². The molecule has 37 heavy (non-hydrogen) atoms. The molecule has 0 aliphatic heterocycles. The average Bonchev–Trinajstić information content (AvgIpc) is 3.44. The predicted molar refractivity (Wildman–Crippen MR) is 150 cm³/mol. The van der Waals surface area contributed by atoms with Crippen molar-refractivity contribution < 1.29 is 9.59 Å². The Labute approximate surface area is 225 Å². The van der Waals surface area contributed by atoms with Crippen molar-refractivity contribution in [2.45, 2.75) is 59.5 Å². The molecule has 0 bridgehead atoms. The van der Waals surface area contributed by atoms with Crippen LogP contribution in [0.25, 0.3) is 22.5 Å². The van der Waals surface area contributed by atoms with Gasteiger partial charge in [0.2, 0.25) is 11.8 Å². The average molecular weight is 523 g/mol. The highest BCUT2D eigenvalue weighted by Crippen LogP contribution is 2.30. The molecule has 0 aliphatic rings. The first-order valence-electron chi connectivity index (χ1n) is 12.9. The van der Waals surface area contributed by atoms with Crippen molar-refractivity contribution in [2.75, 3.05) is 12.3 Å². The minimum atomic E-state index is -0.137. The van der Waals surface area contributed by atoms with E-state index in [4.69, 9.17) is 0 Å². The maximum atomic E-state index is 13.0. The Morgan fingerprint density at radius 3 is 2.35 bits per heavy atom. The monoisotopic (exact) mass is 522 g/mol. The molecule has 9 heteroatoms. The van der Waals surface area contributed by atoms with Crippen molar-refractivity contribution in [1.29, 1.82) is 0 Å². The number of benzene rings is 2. The number of tetrazole rings is 1. The summed E-state index contributed by atoms with van der Waals surface area (Å²) in [7, 11) is 0. The first-order valence-corrected chi connectivity index (χ1v) is 13.6. The van der Waals surface area contributed by atoms with Crippen molar-refractivity contribution >= 4 is 24.4 Å². The fourth-order valence-electron chi connectivity index (χ4n) is 4.38. The van der Waals surface area contributed by atoms with Crippen molar-refractivity contribution in [1.82, 2.24) is 30.8 Å². The molecule has 0 spiro atoms. The largest absolute Gasteiger partial charge is 0.354 e. The number of aromatic amines is 1. The summed E-state index contributed by atoms with van der Waals surface area (Å²) in [6, 6.07) is 16.0. The SMILES string of the molecule is CCCC(=O)N(Cc1ccc(-c2ccccc2-c2nnn[nH]2)cc1)[C@@H](C)CNC(=O)C(CS)CC(C)C. The van der Waals surface area contributed by atoms with E-state index in [1.807, 2.05) is 55.1 Å². The molecule has 2 aromatic carbocycles. The van der Waals surface area contributed by atoms with E-state index in [9.17, 15) is 9.59 Å². The Bertz CT molecular complexity index is 1130. The summed E-state index contributed by atoms with van der Waals surface area (Å²) in [6.07, 6.45) is 2.04. The summed E-state index contributed by atoms with van der Waals surface area (Å²) in [5.74, 6) is 1.51. The molecule has 0 saturated carbocycles. The zero-order chi connectivity index (χ0) is 26.8. The van der Waals surface area contributed by atoms with E-state index in [1.54, 1.807) is 0 Å². The van der Waals surface area contributed by atoms with Crippen LogP contribution < -0.4 is 5.32 Å². The van der Waals surface area contributed by atoms with Gasteiger partial charge >= 0.3 is 0 Å². The molecule has 1 unspecified atom stereocenters. The molecule has 0 saturated heterocycles. The molecule has 0 fully saturated rings. The maximum Gasteiger partial charge on any atom is 0.224 e. The van der Waals surface area contributed by atoms with Crippen LogP contribution in [0.4, 0.5) is 0 Å². The van der Waals surface area contributed by atoms with Gasteiger partial charge in [0.15, 0.2) is 5.82 Å². The molecule has 2 atom stereocenters. The van der Waals surface area contributed by atoms with Gasteiger partial charge in [-0.25, -0.2) is 5.10 Å². The second-order valence-electron chi connectivity index (χ2n) is 9.87. The van der Waals surface area contributed by atoms with Gasteiger partial charge in [0, 0.05) is 42.8 Å². The number of carbonyl (C=O) groups is 2. The quantitative estimate of drug-likeness (QED) is 0.281. The van der Waals surface area contributed by atoms with Gasteiger partial charge in [0.25, 0.3) is 0 Å². The lowest BCUT2D eigenvalue weighted by atomic mass is 9.98. The number of carbonyl (C=O) groups excluding carboxylic acids is 2. The number of hydrogen-bond acceptors (Lipinski definition) is 6. The van der Waals surface area contributed by atoms with Crippen molar-refractivity contribution in [2.24, 2.45) is 11.8 Å². The Kier molecular flexibility index (Phi) is 10.7. The van der Waals surface area contributed by atoms with Gasteiger partial charge in [-0.15, -0.1) is 5.10 Å². The molecular weight excluding hydrogens is 484 g/mol. The Balaban J connectivity index is 1.72. The molecular formula is C28H38N6O2S. The molecule has 3 rings (SSSR count). The zero-order valence-electron chi connectivity index (χ0n) is 22.1. The fraction of sp³-hybridized carbons (Fsp3) is 0.464. The maximum absolute atomic E-state index is 13.0.